The van der Waals surface area contributed by atoms with E-state index in [1.165, 1.54) is 0 Å². The van der Waals surface area contributed by atoms with Crippen LogP contribution in [0.2, 0.25) is 0 Å². The number of rotatable bonds is 2. The molecule has 1 saturated heterocycles. The van der Waals surface area contributed by atoms with E-state index < -0.39 is 6.10 Å². The Bertz CT molecular complexity index is 914. The maximum Gasteiger partial charge on any atom is 0.273 e. The molecule has 0 unspecified atom stereocenters. The van der Waals surface area contributed by atoms with Gasteiger partial charge in [-0.2, -0.15) is 0 Å². The monoisotopic (exact) mass is 410 g/mol. The molecule has 30 heavy (non-hydrogen) atoms. The number of pyridine rings is 1. The van der Waals surface area contributed by atoms with Crippen molar-refractivity contribution in [3.8, 4) is 5.75 Å². The van der Waals surface area contributed by atoms with E-state index >= 15 is 0 Å². The van der Waals surface area contributed by atoms with Gasteiger partial charge in [0.05, 0.1) is 18.4 Å². The summed E-state index contributed by atoms with van der Waals surface area (Å²) < 4.78 is 5.93. The molecule has 0 aliphatic carbocycles. The third-order valence-corrected chi connectivity index (χ3v) is 5.28. The predicted octanol–water partition coefficient (Wildman–Crippen LogP) is 2.03. The first-order valence-electron chi connectivity index (χ1n) is 10.3. The number of carbonyl (C=O) groups is 2. The van der Waals surface area contributed by atoms with Crippen LogP contribution in [-0.2, 0) is 4.79 Å². The van der Waals surface area contributed by atoms with E-state index in [4.69, 9.17) is 4.74 Å². The molecule has 8 heteroatoms. The number of hydrogen-bond acceptors (Lipinski definition) is 6. The molecule has 0 radical (unpaired) electrons. The third-order valence-electron chi connectivity index (χ3n) is 5.28. The van der Waals surface area contributed by atoms with E-state index in [0.717, 1.165) is 30.7 Å². The molecule has 158 valence electrons. The fraction of sp³-hybridized carbons (Fsp3) is 0.409. The molecule has 2 N–H and O–H groups in total. The summed E-state index contributed by atoms with van der Waals surface area (Å²) in [6, 6.07) is 12.9. The first-order valence-corrected chi connectivity index (χ1v) is 10.3. The van der Waals surface area contributed by atoms with E-state index in [9.17, 15) is 14.7 Å². The van der Waals surface area contributed by atoms with Crippen molar-refractivity contribution in [1.29, 1.82) is 0 Å². The van der Waals surface area contributed by atoms with Crippen molar-refractivity contribution < 1.29 is 19.4 Å². The number of benzene rings is 1. The summed E-state index contributed by atoms with van der Waals surface area (Å²) in [5, 5.41) is 12.7. The van der Waals surface area contributed by atoms with E-state index in [0.29, 0.717) is 32.1 Å². The Labute approximate surface area is 175 Å². The Hall–Kier alpha value is -3.13. The first kappa shape index (κ1) is 20.2. The number of aliphatic hydroxyl groups excluding tert-OH is 1. The van der Waals surface area contributed by atoms with Gasteiger partial charge in [0.25, 0.3) is 5.91 Å². The van der Waals surface area contributed by atoms with Crippen LogP contribution in [0.15, 0.2) is 42.5 Å². The molecule has 0 spiro atoms. The van der Waals surface area contributed by atoms with Gasteiger partial charge in [-0.15, -0.1) is 0 Å². The molecule has 4 rings (SSSR count). The second-order valence-electron chi connectivity index (χ2n) is 7.62. The van der Waals surface area contributed by atoms with Crippen molar-refractivity contribution in [2.24, 2.45) is 0 Å². The SMILES string of the molecule is O=C(CN1CCCCCOc2ccccc2Nc2cccc(n2)C1=O)N1CC(O)C1. The molecule has 2 aliphatic heterocycles. The number of anilines is 2. The molecular weight excluding hydrogens is 384 g/mol. The third kappa shape index (κ3) is 4.71. The van der Waals surface area contributed by atoms with Crippen molar-refractivity contribution in [2.45, 2.75) is 25.4 Å². The minimum Gasteiger partial charge on any atom is -0.491 e. The number of para-hydroxylation sites is 2. The van der Waals surface area contributed by atoms with Crippen LogP contribution >= 0.6 is 0 Å². The first-order chi connectivity index (χ1) is 14.6. The summed E-state index contributed by atoms with van der Waals surface area (Å²) in [4.78, 5) is 33.2. The second-order valence-corrected chi connectivity index (χ2v) is 7.62. The maximum atomic E-state index is 13.1. The molecule has 0 saturated carbocycles. The molecule has 3 heterocycles. The van der Waals surface area contributed by atoms with Crippen molar-refractivity contribution in [3.63, 3.8) is 0 Å². The highest BCUT2D eigenvalue weighted by molar-refractivity contribution is 5.95. The smallest absolute Gasteiger partial charge is 0.273 e. The lowest BCUT2D eigenvalue weighted by atomic mass is 10.1. The van der Waals surface area contributed by atoms with Crippen LogP contribution in [0, 0.1) is 0 Å². The van der Waals surface area contributed by atoms with Crippen LogP contribution in [-0.4, -0.2) is 70.6 Å². The number of likely N-dealkylation sites (tertiary alicyclic amines) is 1. The summed E-state index contributed by atoms with van der Waals surface area (Å²) in [6.07, 6.45) is 2.04. The number of ether oxygens (including phenoxy) is 1. The molecule has 1 fully saturated rings. The van der Waals surface area contributed by atoms with Crippen LogP contribution in [0.4, 0.5) is 11.5 Å². The summed E-state index contributed by atoms with van der Waals surface area (Å²) in [7, 11) is 0. The highest BCUT2D eigenvalue weighted by atomic mass is 16.5. The van der Waals surface area contributed by atoms with Gasteiger partial charge in [-0.3, -0.25) is 9.59 Å². The Balaban J connectivity index is 1.56. The minimum absolute atomic E-state index is 0.00970. The number of nitrogens with zero attached hydrogens (tertiary/aromatic N) is 3. The van der Waals surface area contributed by atoms with Crippen LogP contribution in [0.1, 0.15) is 29.8 Å². The number of β-amino-alcohol motifs (C(OH)–C–C–N with tert-alkyl or cyclic N) is 1. The predicted molar refractivity (Wildman–Crippen MR) is 112 cm³/mol. The summed E-state index contributed by atoms with van der Waals surface area (Å²) >= 11 is 0. The number of amides is 2. The van der Waals surface area contributed by atoms with Crippen LogP contribution in [0.5, 0.6) is 5.75 Å². The summed E-state index contributed by atoms with van der Waals surface area (Å²) in [5.74, 6) is 0.860. The lowest BCUT2D eigenvalue weighted by Crippen LogP contribution is -2.56. The number of fused-ring (bicyclic) bond motifs is 3. The van der Waals surface area contributed by atoms with Crippen LogP contribution in [0.25, 0.3) is 0 Å². The molecule has 0 atom stereocenters. The summed E-state index contributed by atoms with van der Waals surface area (Å²) in [6.45, 7) is 1.69. The fourth-order valence-electron chi connectivity index (χ4n) is 3.56. The number of aromatic nitrogens is 1. The average molecular weight is 410 g/mol. The van der Waals surface area contributed by atoms with E-state index in [2.05, 4.69) is 10.3 Å². The molecular formula is C22H26N4O4. The zero-order valence-corrected chi connectivity index (χ0v) is 16.8. The fourth-order valence-corrected chi connectivity index (χ4v) is 3.56. The minimum atomic E-state index is -0.462. The van der Waals surface area contributed by atoms with Gasteiger partial charge in [0.2, 0.25) is 5.91 Å². The van der Waals surface area contributed by atoms with Crippen molar-refractivity contribution in [3.05, 3.63) is 48.2 Å². The van der Waals surface area contributed by atoms with Crippen LogP contribution < -0.4 is 10.1 Å². The van der Waals surface area contributed by atoms with Gasteiger partial charge in [-0.1, -0.05) is 18.2 Å². The van der Waals surface area contributed by atoms with Gasteiger partial charge < -0.3 is 25.0 Å². The lowest BCUT2D eigenvalue weighted by molar-refractivity contribution is -0.141. The van der Waals surface area contributed by atoms with E-state index in [1.807, 2.05) is 24.3 Å². The van der Waals surface area contributed by atoms with E-state index in [-0.39, 0.29) is 24.1 Å². The van der Waals surface area contributed by atoms with Gasteiger partial charge in [-0.05, 0) is 43.5 Å². The Morgan fingerprint density at radius 2 is 1.97 bits per heavy atom. The number of aliphatic hydroxyl groups is 1. The van der Waals surface area contributed by atoms with Crippen molar-refractivity contribution >= 4 is 23.3 Å². The highest BCUT2D eigenvalue weighted by Crippen LogP contribution is 2.27. The molecule has 8 nitrogen and oxygen atoms in total. The molecule has 1 aromatic heterocycles. The largest absolute Gasteiger partial charge is 0.491 e. The topological polar surface area (TPSA) is 95.0 Å². The lowest BCUT2D eigenvalue weighted by Gasteiger charge is -2.37. The van der Waals surface area contributed by atoms with Gasteiger partial charge in [-0.25, -0.2) is 4.98 Å². The van der Waals surface area contributed by atoms with E-state index in [1.54, 1.807) is 28.0 Å². The number of hydrogen-bond donors (Lipinski definition) is 2. The second kappa shape index (κ2) is 9.13. The molecule has 1 aromatic carbocycles. The highest BCUT2D eigenvalue weighted by Gasteiger charge is 2.31. The Kier molecular flexibility index (Phi) is 6.13. The standard InChI is InChI=1S/C22H26N4O4/c27-16-13-26(14-16)21(28)15-25-11-4-1-5-12-30-19-9-3-2-7-17(19)23-20-10-6-8-18(24-20)22(25)29/h2-3,6-10,16,27H,1,4-5,11-15H2,(H,23,24). The number of carbonyl (C=O) groups excluding carboxylic acids is 2. The van der Waals surface area contributed by atoms with Gasteiger partial charge in [0, 0.05) is 19.6 Å². The molecule has 2 amide bonds. The quantitative estimate of drug-likeness (QED) is 0.787. The summed E-state index contributed by atoms with van der Waals surface area (Å²) in [5.41, 5.74) is 1.07. The van der Waals surface area contributed by atoms with Gasteiger partial charge in [0.1, 0.15) is 23.8 Å². The van der Waals surface area contributed by atoms with Crippen molar-refractivity contribution in [2.75, 3.05) is 38.1 Å². The number of nitrogens with one attached hydrogen (secondary N) is 1. The van der Waals surface area contributed by atoms with Crippen LogP contribution in [0.3, 0.4) is 0 Å². The zero-order chi connectivity index (χ0) is 20.9. The zero-order valence-electron chi connectivity index (χ0n) is 16.8. The molecule has 2 aliphatic rings. The van der Waals surface area contributed by atoms with Gasteiger partial charge >= 0.3 is 0 Å². The average Bonchev–Trinajstić information content (AvgIpc) is 2.73. The van der Waals surface area contributed by atoms with Crippen molar-refractivity contribution in [1.82, 2.24) is 14.8 Å². The Morgan fingerprint density at radius 3 is 2.80 bits per heavy atom. The van der Waals surface area contributed by atoms with Gasteiger partial charge in [0.15, 0.2) is 0 Å². The normalized spacial score (nSPS) is 17.8. The molecule has 2 aromatic rings. The Morgan fingerprint density at radius 1 is 1.13 bits per heavy atom. The maximum absolute atomic E-state index is 13.1. The molecule has 2 bridgehead atoms.